The third kappa shape index (κ3) is 8.05. The van der Waals surface area contributed by atoms with Crippen LogP contribution in [0.4, 0.5) is 0 Å². The van der Waals surface area contributed by atoms with Gasteiger partial charge in [0.2, 0.25) is 11.8 Å². The maximum Gasteiger partial charge on any atom is 0.322 e. The number of piperidine rings is 2. The second-order valence-corrected chi connectivity index (χ2v) is 6.95. The van der Waals surface area contributed by atoms with E-state index in [1.165, 1.54) is 0 Å². The van der Waals surface area contributed by atoms with Crippen LogP contribution in [0.2, 0.25) is 0 Å². The number of amides is 2. The zero-order chi connectivity index (χ0) is 17.4. The molecule has 2 fully saturated rings. The van der Waals surface area contributed by atoms with Crippen molar-refractivity contribution in [1.29, 1.82) is 0 Å². The monoisotopic (exact) mass is 375 g/mol. The van der Waals surface area contributed by atoms with Crippen molar-refractivity contribution >= 4 is 30.2 Å². The number of halogens is 1. The zero-order valence-corrected chi connectivity index (χ0v) is 15.5. The lowest BCUT2D eigenvalue weighted by Crippen LogP contribution is -2.42. The molecule has 0 bridgehead atoms. The van der Waals surface area contributed by atoms with Crippen molar-refractivity contribution in [2.45, 2.75) is 44.9 Å². The highest BCUT2D eigenvalue weighted by Gasteiger charge is 2.26. The van der Waals surface area contributed by atoms with E-state index in [-0.39, 0.29) is 36.7 Å². The average molecular weight is 376 g/mol. The molecule has 8 heteroatoms. The van der Waals surface area contributed by atoms with Crippen LogP contribution in [0.5, 0.6) is 0 Å². The second kappa shape index (κ2) is 11.3. The van der Waals surface area contributed by atoms with Gasteiger partial charge >= 0.3 is 5.97 Å². The first-order valence-corrected chi connectivity index (χ1v) is 9.01. The fraction of sp³-hybridized carbons (Fsp3) is 0.824. The average Bonchev–Trinajstić information content (AvgIpc) is 2.59. The van der Waals surface area contributed by atoms with Crippen LogP contribution >= 0.6 is 12.4 Å². The Bertz CT molecular complexity index is 455. The first-order valence-electron chi connectivity index (χ1n) is 9.01. The summed E-state index contributed by atoms with van der Waals surface area (Å²) in [5.41, 5.74) is 0. The molecule has 2 rings (SSSR count). The van der Waals surface area contributed by atoms with Crippen molar-refractivity contribution in [3.63, 3.8) is 0 Å². The summed E-state index contributed by atoms with van der Waals surface area (Å²) >= 11 is 0. The van der Waals surface area contributed by atoms with E-state index in [9.17, 15) is 14.4 Å². The molecule has 144 valence electrons. The molecule has 1 atom stereocenters. The summed E-state index contributed by atoms with van der Waals surface area (Å²) in [6.07, 6.45) is 5.99. The van der Waals surface area contributed by atoms with Gasteiger partial charge in [-0.1, -0.05) is 0 Å². The van der Waals surface area contributed by atoms with E-state index < -0.39 is 5.97 Å². The zero-order valence-electron chi connectivity index (χ0n) is 14.7. The van der Waals surface area contributed by atoms with E-state index >= 15 is 0 Å². The van der Waals surface area contributed by atoms with Crippen LogP contribution in [0.1, 0.15) is 44.9 Å². The number of carbonyl (C=O) groups is 3. The molecule has 0 spiro atoms. The Morgan fingerprint density at radius 1 is 1.12 bits per heavy atom. The largest absolute Gasteiger partial charge is 0.480 e. The molecule has 2 saturated heterocycles. The maximum absolute atomic E-state index is 12.4. The van der Waals surface area contributed by atoms with E-state index in [0.29, 0.717) is 25.3 Å². The molecular weight excluding hydrogens is 346 g/mol. The molecule has 2 aliphatic heterocycles. The van der Waals surface area contributed by atoms with Crippen molar-refractivity contribution in [2.24, 2.45) is 11.8 Å². The van der Waals surface area contributed by atoms with Gasteiger partial charge in [-0.05, 0) is 57.0 Å². The number of rotatable bonds is 7. The smallest absolute Gasteiger partial charge is 0.322 e. The topological polar surface area (TPSA) is 98.7 Å². The van der Waals surface area contributed by atoms with Gasteiger partial charge < -0.3 is 20.6 Å². The van der Waals surface area contributed by atoms with E-state index in [0.717, 1.165) is 51.7 Å². The summed E-state index contributed by atoms with van der Waals surface area (Å²) in [5, 5.41) is 14.3. The van der Waals surface area contributed by atoms with Gasteiger partial charge in [-0.2, -0.15) is 0 Å². The molecule has 7 nitrogen and oxygen atoms in total. The SMILES string of the molecule is Cl.O=C(O)CNC(=O)CC1CCCN(C(=O)CCC2CCNCC2)C1. The number of likely N-dealkylation sites (tertiary alicyclic amines) is 1. The van der Waals surface area contributed by atoms with Gasteiger partial charge in [0.05, 0.1) is 0 Å². The minimum absolute atomic E-state index is 0. The van der Waals surface area contributed by atoms with Crippen LogP contribution in [0, 0.1) is 11.8 Å². The quantitative estimate of drug-likeness (QED) is 0.617. The fourth-order valence-electron chi connectivity index (χ4n) is 3.62. The van der Waals surface area contributed by atoms with Gasteiger partial charge in [0, 0.05) is 25.9 Å². The van der Waals surface area contributed by atoms with Crippen LogP contribution in [0.3, 0.4) is 0 Å². The number of hydrogen-bond donors (Lipinski definition) is 3. The molecule has 0 aromatic carbocycles. The van der Waals surface area contributed by atoms with Gasteiger partial charge in [-0.15, -0.1) is 12.4 Å². The highest BCUT2D eigenvalue weighted by Crippen LogP contribution is 2.22. The molecule has 2 heterocycles. The number of aliphatic carboxylic acids is 1. The third-order valence-electron chi connectivity index (χ3n) is 5.01. The summed E-state index contributed by atoms with van der Waals surface area (Å²) in [4.78, 5) is 36.5. The standard InChI is InChI=1S/C17H29N3O4.ClH/c21-15(19-11-17(23)24)10-14-2-1-9-20(12-14)16(22)4-3-13-5-7-18-8-6-13;/h13-14,18H,1-12H2,(H,19,21)(H,23,24);1H. The van der Waals surface area contributed by atoms with Crippen LogP contribution in [0.15, 0.2) is 0 Å². The Hall–Kier alpha value is -1.34. The molecule has 3 N–H and O–H groups in total. The Morgan fingerprint density at radius 3 is 2.52 bits per heavy atom. The molecule has 0 aliphatic carbocycles. The molecule has 2 amide bonds. The Balaban J connectivity index is 0.00000312. The van der Waals surface area contributed by atoms with Crippen LogP contribution in [-0.2, 0) is 14.4 Å². The number of carboxylic acid groups (broad SMARTS) is 1. The molecule has 0 radical (unpaired) electrons. The summed E-state index contributed by atoms with van der Waals surface area (Å²) in [6.45, 7) is 3.15. The minimum atomic E-state index is -1.04. The first-order chi connectivity index (χ1) is 11.5. The van der Waals surface area contributed by atoms with E-state index in [1.807, 2.05) is 4.90 Å². The molecule has 2 aliphatic rings. The summed E-state index contributed by atoms with van der Waals surface area (Å²) < 4.78 is 0. The fourth-order valence-corrected chi connectivity index (χ4v) is 3.62. The summed E-state index contributed by atoms with van der Waals surface area (Å²) in [6, 6.07) is 0. The number of hydrogen-bond acceptors (Lipinski definition) is 4. The number of nitrogens with one attached hydrogen (secondary N) is 2. The van der Waals surface area contributed by atoms with Gasteiger partial charge in [0.25, 0.3) is 0 Å². The van der Waals surface area contributed by atoms with Crippen LogP contribution < -0.4 is 10.6 Å². The molecule has 0 aromatic heterocycles. The van der Waals surface area contributed by atoms with Crippen molar-refractivity contribution < 1.29 is 19.5 Å². The third-order valence-corrected chi connectivity index (χ3v) is 5.01. The Morgan fingerprint density at radius 2 is 1.84 bits per heavy atom. The van der Waals surface area contributed by atoms with Crippen molar-refractivity contribution in [2.75, 3.05) is 32.7 Å². The van der Waals surface area contributed by atoms with E-state index in [2.05, 4.69) is 10.6 Å². The minimum Gasteiger partial charge on any atom is -0.480 e. The van der Waals surface area contributed by atoms with Gasteiger partial charge in [-0.3, -0.25) is 14.4 Å². The highest BCUT2D eigenvalue weighted by atomic mass is 35.5. The lowest BCUT2D eigenvalue weighted by atomic mass is 9.91. The van der Waals surface area contributed by atoms with Gasteiger partial charge in [0.15, 0.2) is 0 Å². The van der Waals surface area contributed by atoms with Crippen LogP contribution in [-0.4, -0.2) is 60.5 Å². The van der Waals surface area contributed by atoms with Gasteiger partial charge in [0.1, 0.15) is 6.54 Å². The molecule has 25 heavy (non-hydrogen) atoms. The first kappa shape index (κ1) is 21.7. The number of carboxylic acids is 1. The predicted octanol–water partition coefficient (Wildman–Crippen LogP) is 1.02. The van der Waals surface area contributed by atoms with Crippen molar-refractivity contribution in [1.82, 2.24) is 15.5 Å². The predicted molar refractivity (Wildman–Crippen MR) is 96.6 cm³/mol. The van der Waals surface area contributed by atoms with E-state index in [4.69, 9.17) is 5.11 Å². The van der Waals surface area contributed by atoms with Gasteiger partial charge in [-0.25, -0.2) is 0 Å². The summed E-state index contributed by atoms with van der Waals surface area (Å²) in [5.74, 6) is -0.301. The second-order valence-electron chi connectivity index (χ2n) is 6.95. The van der Waals surface area contributed by atoms with Crippen molar-refractivity contribution in [3.05, 3.63) is 0 Å². The highest BCUT2D eigenvalue weighted by molar-refractivity contribution is 5.85. The number of carbonyl (C=O) groups excluding carboxylic acids is 2. The molecule has 0 saturated carbocycles. The Labute approximate surface area is 155 Å². The molecule has 0 aromatic rings. The molecule has 1 unspecified atom stereocenters. The number of nitrogens with zero attached hydrogens (tertiary/aromatic N) is 1. The van der Waals surface area contributed by atoms with E-state index in [1.54, 1.807) is 0 Å². The maximum atomic E-state index is 12.4. The molecular formula is C17H30ClN3O4. The lowest BCUT2D eigenvalue weighted by Gasteiger charge is -2.33. The lowest BCUT2D eigenvalue weighted by molar-refractivity contribution is -0.138. The summed E-state index contributed by atoms with van der Waals surface area (Å²) in [7, 11) is 0. The Kier molecular flexibility index (Phi) is 9.82. The normalized spacial score (nSPS) is 21.3. The van der Waals surface area contributed by atoms with Crippen molar-refractivity contribution in [3.8, 4) is 0 Å². The van der Waals surface area contributed by atoms with Crippen LogP contribution in [0.25, 0.3) is 0 Å².